The van der Waals surface area contributed by atoms with E-state index in [2.05, 4.69) is 86.8 Å². The molecular formula is C61H111NO5. The molecule has 0 saturated heterocycles. The lowest BCUT2D eigenvalue weighted by Crippen LogP contribution is -2.46. The topological polar surface area (TPSA) is 95.9 Å². The van der Waals surface area contributed by atoms with E-state index < -0.39 is 18.2 Å². The van der Waals surface area contributed by atoms with E-state index in [9.17, 15) is 19.8 Å². The van der Waals surface area contributed by atoms with Gasteiger partial charge in [0.05, 0.1) is 25.2 Å². The summed E-state index contributed by atoms with van der Waals surface area (Å²) in [4.78, 5) is 26.3. The molecule has 0 aliphatic heterocycles. The third-order valence-electron chi connectivity index (χ3n) is 13.1. The largest absolute Gasteiger partial charge is 0.462 e. The molecule has 0 aromatic rings. The van der Waals surface area contributed by atoms with Crippen molar-refractivity contribution in [1.29, 1.82) is 0 Å². The van der Waals surface area contributed by atoms with E-state index in [1.54, 1.807) is 0 Å². The predicted molar refractivity (Wildman–Crippen MR) is 292 cm³/mol. The van der Waals surface area contributed by atoms with Gasteiger partial charge in [-0.05, 0) is 64.2 Å². The molecule has 0 aromatic heterocycles. The molecule has 0 fully saturated rings. The summed E-state index contributed by atoms with van der Waals surface area (Å²) in [5, 5.41) is 23.9. The molecule has 6 heteroatoms. The second-order valence-electron chi connectivity index (χ2n) is 19.7. The van der Waals surface area contributed by atoms with Crippen LogP contribution in [-0.2, 0) is 14.3 Å². The summed E-state index contributed by atoms with van der Waals surface area (Å²) in [5.41, 5.74) is 0. The number of aliphatic hydroxyl groups is 2. The Labute approximate surface area is 416 Å². The third kappa shape index (κ3) is 49.8. The monoisotopic (exact) mass is 938 g/mol. The third-order valence-corrected chi connectivity index (χ3v) is 13.1. The number of unbranched alkanes of at least 4 members (excludes halogenated alkanes) is 30. The Hall–Kier alpha value is -2.44. The number of carbonyl (C=O) groups excluding carboxylic acids is 2. The second-order valence-corrected chi connectivity index (χ2v) is 19.7. The number of amides is 1. The van der Waals surface area contributed by atoms with Gasteiger partial charge in [-0.15, -0.1) is 0 Å². The summed E-state index contributed by atoms with van der Waals surface area (Å²) in [6, 6.07) is -0.720. The summed E-state index contributed by atoms with van der Waals surface area (Å²) >= 11 is 0. The van der Waals surface area contributed by atoms with Gasteiger partial charge in [0.1, 0.15) is 6.10 Å². The Morgan fingerprint density at radius 3 is 1.19 bits per heavy atom. The van der Waals surface area contributed by atoms with E-state index in [1.165, 1.54) is 161 Å². The number of carbonyl (C=O) groups is 2. The number of ether oxygens (including phenoxy) is 1. The minimum absolute atomic E-state index is 0.0402. The van der Waals surface area contributed by atoms with Crippen molar-refractivity contribution in [2.75, 3.05) is 6.61 Å². The number of rotatable bonds is 52. The molecule has 0 bridgehead atoms. The van der Waals surface area contributed by atoms with Crippen LogP contribution < -0.4 is 5.32 Å². The number of esters is 1. The van der Waals surface area contributed by atoms with Crippen LogP contribution in [0.3, 0.4) is 0 Å². The van der Waals surface area contributed by atoms with Crippen molar-refractivity contribution >= 4 is 11.9 Å². The van der Waals surface area contributed by atoms with Gasteiger partial charge in [-0.3, -0.25) is 9.59 Å². The Kier molecular flexibility index (Phi) is 52.5. The molecule has 0 aliphatic rings. The molecule has 0 heterocycles. The van der Waals surface area contributed by atoms with Crippen molar-refractivity contribution in [3.8, 4) is 0 Å². The highest BCUT2D eigenvalue weighted by atomic mass is 16.5. The average molecular weight is 939 g/mol. The zero-order valence-corrected chi connectivity index (χ0v) is 44.5. The van der Waals surface area contributed by atoms with Crippen LogP contribution in [0.5, 0.6) is 0 Å². The van der Waals surface area contributed by atoms with Gasteiger partial charge in [-0.1, -0.05) is 274 Å². The molecule has 3 N–H and O–H groups in total. The number of aliphatic hydroxyl groups excluding tert-OH is 2. The number of hydrogen-bond donors (Lipinski definition) is 3. The molecule has 390 valence electrons. The molecule has 67 heavy (non-hydrogen) atoms. The van der Waals surface area contributed by atoms with Gasteiger partial charge in [0.15, 0.2) is 0 Å². The Morgan fingerprint density at radius 2 is 0.806 bits per heavy atom. The maximum absolute atomic E-state index is 13.3. The molecule has 0 rings (SSSR count). The quantitative estimate of drug-likeness (QED) is 0.0321. The van der Waals surface area contributed by atoms with E-state index in [0.29, 0.717) is 19.3 Å². The van der Waals surface area contributed by atoms with E-state index in [0.717, 1.165) is 83.5 Å². The fraction of sp³-hybridized carbons (Fsp3) is 0.803. The first kappa shape index (κ1) is 64.6. The Morgan fingerprint density at radius 1 is 0.448 bits per heavy atom. The second kappa shape index (κ2) is 54.5. The molecule has 3 unspecified atom stereocenters. The van der Waals surface area contributed by atoms with Crippen molar-refractivity contribution in [2.24, 2.45) is 0 Å². The Bertz CT molecular complexity index is 1190. The van der Waals surface area contributed by atoms with Crippen LogP contribution in [0.1, 0.15) is 290 Å². The predicted octanol–water partition coefficient (Wildman–Crippen LogP) is 18.0. The zero-order valence-electron chi connectivity index (χ0n) is 44.5. The SMILES string of the molecule is CC/C=C\C/C=C\C/C=C\C/C=C\C/C=C\CCCC(CC(=O)NC(CO)C(O)CCCCCCCCCCCCCCCC)OC(=O)CCCCCCCCCCCCCCCCCCC. The summed E-state index contributed by atoms with van der Waals surface area (Å²) in [6.45, 7) is 6.38. The van der Waals surface area contributed by atoms with Crippen LogP contribution in [0, 0.1) is 0 Å². The van der Waals surface area contributed by atoms with Crippen LogP contribution >= 0.6 is 0 Å². The van der Waals surface area contributed by atoms with Gasteiger partial charge in [0.2, 0.25) is 5.91 Å². The first-order chi connectivity index (χ1) is 33.0. The normalized spacial score (nSPS) is 13.6. The van der Waals surface area contributed by atoms with E-state index in [1.807, 2.05) is 0 Å². The summed E-state index contributed by atoms with van der Waals surface area (Å²) in [5.74, 6) is -0.519. The van der Waals surface area contributed by atoms with Crippen LogP contribution in [-0.4, -0.2) is 46.9 Å². The minimum Gasteiger partial charge on any atom is -0.462 e. The summed E-state index contributed by atoms with van der Waals surface area (Å²) < 4.78 is 5.94. The number of hydrogen-bond acceptors (Lipinski definition) is 5. The van der Waals surface area contributed by atoms with Crippen molar-refractivity contribution in [3.63, 3.8) is 0 Å². The number of nitrogens with one attached hydrogen (secondary N) is 1. The average Bonchev–Trinajstić information content (AvgIpc) is 3.32. The van der Waals surface area contributed by atoms with Crippen molar-refractivity contribution in [3.05, 3.63) is 60.8 Å². The van der Waals surface area contributed by atoms with Gasteiger partial charge in [-0.2, -0.15) is 0 Å². The highest BCUT2D eigenvalue weighted by Crippen LogP contribution is 2.18. The van der Waals surface area contributed by atoms with Gasteiger partial charge >= 0.3 is 5.97 Å². The van der Waals surface area contributed by atoms with E-state index in [4.69, 9.17) is 4.74 Å². The molecule has 0 radical (unpaired) electrons. The molecule has 0 spiro atoms. The van der Waals surface area contributed by atoms with Crippen LogP contribution in [0.2, 0.25) is 0 Å². The van der Waals surface area contributed by atoms with Crippen LogP contribution in [0.4, 0.5) is 0 Å². The molecule has 6 nitrogen and oxygen atoms in total. The first-order valence-electron chi connectivity index (χ1n) is 29.0. The smallest absolute Gasteiger partial charge is 0.306 e. The summed E-state index contributed by atoms with van der Waals surface area (Å²) in [7, 11) is 0. The summed E-state index contributed by atoms with van der Waals surface area (Å²) in [6.07, 6.45) is 68.6. The molecule has 0 aliphatic carbocycles. The molecular weight excluding hydrogens is 827 g/mol. The standard InChI is InChI=1S/C61H111NO5/c1-4-7-10-13-16-19-22-25-28-30-32-34-37-40-43-46-49-52-57(67-61(66)54-51-48-45-42-39-36-33-31-29-26-23-20-17-14-11-8-5-2)55-60(65)62-58(56-63)59(64)53-50-47-44-41-38-35-27-24-21-18-15-12-9-6-3/h7,10,16,19,25,28,32,34,40,43,57-59,63-64H,4-6,8-9,11-15,17-18,20-24,26-27,29-31,33,35-39,41-42,44-56H2,1-3H3,(H,62,65)/b10-7-,19-16-,28-25-,34-32-,43-40-. The van der Waals surface area contributed by atoms with E-state index in [-0.39, 0.29) is 24.9 Å². The fourth-order valence-corrected chi connectivity index (χ4v) is 8.76. The maximum Gasteiger partial charge on any atom is 0.306 e. The molecule has 0 saturated carbocycles. The lowest BCUT2D eigenvalue weighted by atomic mass is 10.0. The Balaban J connectivity index is 4.64. The number of allylic oxidation sites excluding steroid dienone is 10. The van der Waals surface area contributed by atoms with Gasteiger partial charge in [0, 0.05) is 6.42 Å². The lowest BCUT2D eigenvalue weighted by molar-refractivity contribution is -0.151. The van der Waals surface area contributed by atoms with Crippen molar-refractivity contribution < 1.29 is 24.5 Å². The highest BCUT2D eigenvalue weighted by molar-refractivity contribution is 5.77. The van der Waals surface area contributed by atoms with Crippen molar-refractivity contribution in [1.82, 2.24) is 5.32 Å². The molecule has 0 aromatic carbocycles. The molecule has 3 atom stereocenters. The fourth-order valence-electron chi connectivity index (χ4n) is 8.76. The maximum atomic E-state index is 13.3. The van der Waals surface area contributed by atoms with Crippen LogP contribution in [0.15, 0.2) is 60.8 Å². The van der Waals surface area contributed by atoms with Crippen LogP contribution in [0.25, 0.3) is 0 Å². The van der Waals surface area contributed by atoms with Gasteiger partial charge in [-0.25, -0.2) is 0 Å². The lowest BCUT2D eigenvalue weighted by Gasteiger charge is -2.24. The highest BCUT2D eigenvalue weighted by Gasteiger charge is 2.24. The van der Waals surface area contributed by atoms with Crippen molar-refractivity contribution in [2.45, 2.75) is 309 Å². The first-order valence-corrected chi connectivity index (χ1v) is 29.0. The van der Waals surface area contributed by atoms with Gasteiger partial charge in [0.25, 0.3) is 0 Å². The van der Waals surface area contributed by atoms with E-state index >= 15 is 0 Å². The molecule has 1 amide bonds. The zero-order chi connectivity index (χ0) is 48.8. The minimum atomic E-state index is -0.803. The van der Waals surface area contributed by atoms with Gasteiger partial charge < -0.3 is 20.3 Å².